The van der Waals surface area contributed by atoms with Gasteiger partial charge in [-0.05, 0) is 24.3 Å². The molecule has 1 heterocycles. The molecule has 27 heavy (non-hydrogen) atoms. The molecule has 0 aliphatic rings. The SMILES string of the molecule is COC(=O)CSc1nnc(NC(=O)CN(c2ccc(F)cc2)S(C)(=O)=O)s1. The summed E-state index contributed by atoms with van der Waals surface area (Å²) < 4.78 is 42.8. The summed E-state index contributed by atoms with van der Waals surface area (Å²) in [4.78, 5) is 23.3. The van der Waals surface area contributed by atoms with Gasteiger partial charge in [0, 0.05) is 0 Å². The molecule has 0 atom stereocenters. The summed E-state index contributed by atoms with van der Waals surface area (Å²) in [6, 6.07) is 4.72. The number of esters is 1. The van der Waals surface area contributed by atoms with Gasteiger partial charge in [-0.3, -0.25) is 19.2 Å². The average molecular weight is 434 g/mol. The number of hydrogen-bond donors (Lipinski definition) is 1. The number of hydrogen-bond acceptors (Lipinski definition) is 9. The fourth-order valence-corrected chi connectivity index (χ4v) is 4.25. The van der Waals surface area contributed by atoms with Crippen molar-refractivity contribution in [3.8, 4) is 0 Å². The maximum Gasteiger partial charge on any atom is 0.316 e. The molecular weight excluding hydrogens is 419 g/mol. The van der Waals surface area contributed by atoms with Crippen molar-refractivity contribution in [2.75, 3.05) is 35.3 Å². The van der Waals surface area contributed by atoms with E-state index in [1.807, 2.05) is 0 Å². The van der Waals surface area contributed by atoms with Crippen LogP contribution in [-0.4, -0.2) is 56.2 Å². The highest BCUT2D eigenvalue weighted by Gasteiger charge is 2.21. The third-order valence-corrected chi connectivity index (χ3v) is 6.08. The molecule has 0 unspecified atom stereocenters. The number of methoxy groups -OCH3 is 1. The van der Waals surface area contributed by atoms with Crippen LogP contribution in [0.15, 0.2) is 28.6 Å². The number of anilines is 2. The van der Waals surface area contributed by atoms with Crippen molar-refractivity contribution in [1.29, 1.82) is 0 Å². The van der Waals surface area contributed by atoms with Crippen LogP contribution in [0.4, 0.5) is 15.2 Å². The molecule has 0 spiro atoms. The lowest BCUT2D eigenvalue weighted by Gasteiger charge is -2.21. The number of thioether (sulfide) groups is 1. The highest BCUT2D eigenvalue weighted by atomic mass is 32.2. The lowest BCUT2D eigenvalue weighted by molar-refractivity contribution is -0.137. The lowest BCUT2D eigenvalue weighted by Crippen LogP contribution is -2.37. The first-order valence-corrected chi connectivity index (χ1v) is 10.9. The number of amides is 1. The van der Waals surface area contributed by atoms with Crippen LogP contribution in [0.1, 0.15) is 0 Å². The third kappa shape index (κ3) is 6.45. The van der Waals surface area contributed by atoms with Crippen molar-refractivity contribution < 1.29 is 27.1 Å². The predicted octanol–water partition coefficient (Wildman–Crippen LogP) is 1.35. The third-order valence-electron chi connectivity index (χ3n) is 3.00. The maximum absolute atomic E-state index is 13.0. The molecule has 2 rings (SSSR count). The van der Waals surface area contributed by atoms with E-state index in [4.69, 9.17) is 0 Å². The minimum Gasteiger partial charge on any atom is -0.468 e. The number of carbonyl (C=O) groups is 2. The summed E-state index contributed by atoms with van der Waals surface area (Å²) in [6.45, 7) is -0.519. The molecule has 0 aliphatic heterocycles. The Bertz CT molecular complexity index is 917. The number of nitrogens with zero attached hydrogens (tertiary/aromatic N) is 3. The molecule has 0 saturated heterocycles. The number of rotatable bonds is 8. The van der Waals surface area contributed by atoms with Crippen molar-refractivity contribution in [2.45, 2.75) is 4.34 Å². The summed E-state index contributed by atoms with van der Waals surface area (Å²) >= 11 is 2.12. The Hall–Kier alpha value is -2.25. The molecule has 1 amide bonds. The molecule has 0 aliphatic carbocycles. The van der Waals surface area contributed by atoms with E-state index in [1.54, 1.807) is 0 Å². The predicted molar refractivity (Wildman–Crippen MR) is 99.9 cm³/mol. The van der Waals surface area contributed by atoms with Gasteiger partial charge in [-0.25, -0.2) is 12.8 Å². The Balaban J connectivity index is 2.03. The Morgan fingerprint density at radius 3 is 2.56 bits per heavy atom. The molecule has 0 bridgehead atoms. The number of ether oxygens (including phenoxy) is 1. The van der Waals surface area contributed by atoms with Crippen molar-refractivity contribution >= 4 is 55.8 Å². The fraction of sp³-hybridized carbons (Fsp3) is 0.286. The largest absolute Gasteiger partial charge is 0.468 e. The van der Waals surface area contributed by atoms with Gasteiger partial charge in [-0.2, -0.15) is 0 Å². The second-order valence-electron chi connectivity index (χ2n) is 5.03. The fourth-order valence-electron chi connectivity index (χ4n) is 1.79. The summed E-state index contributed by atoms with van der Waals surface area (Å²) in [5, 5.41) is 10.2. The van der Waals surface area contributed by atoms with Crippen molar-refractivity contribution in [1.82, 2.24) is 10.2 Å². The van der Waals surface area contributed by atoms with Crippen LogP contribution < -0.4 is 9.62 Å². The minimum absolute atomic E-state index is 0.0471. The molecule has 0 radical (unpaired) electrons. The van der Waals surface area contributed by atoms with E-state index in [0.29, 0.717) is 4.34 Å². The van der Waals surface area contributed by atoms with Crippen LogP contribution >= 0.6 is 23.1 Å². The molecule has 0 saturated carbocycles. The van der Waals surface area contributed by atoms with Crippen LogP contribution in [0.5, 0.6) is 0 Å². The van der Waals surface area contributed by atoms with Crippen LogP contribution in [0, 0.1) is 5.82 Å². The summed E-state index contributed by atoms with van der Waals surface area (Å²) in [5.74, 6) is -1.55. The van der Waals surface area contributed by atoms with Crippen LogP contribution in [-0.2, 0) is 24.3 Å². The minimum atomic E-state index is -3.77. The normalized spacial score (nSPS) is 11.1. The van der Waals surface area contributed by atoms with E-state index in [1.165, 1.54) is 19.2 Å². The Morgan fingerprint density at radius 1 is 1.30 bits per heavy atom. The van der Waals surface area contributed by atoms with Gasteiger partial charge >= 0.3 is 5.97 Å². The molecule has 1 N–H and O–H groups in total. The standard InChI is InChI=1S/C14H15FN4O5S3/c1-24-12(21)8-25-14-18-17-13(26-14)16-11(20)7-19(27(2,22)23)10-5-3-9(15)4-6-10/h3-6H,7-8H2,1-2H3,(H,16,17,20). The highest BCUT2D eigenvalue weighted by molar-refractivity contribution is 8.01. The second kappa shape index (κ2) is 9.10. The molecule has 13 heteroatoms. The Kier molecular flexibility index (Phi) is 7.10. The van der Waals surface area contributed by atoms with Gasteiger partial charge in [0.05, 0.1) is 24.8 Å². The van der Waals surface area contributed by atoms with Gasteiger partial charge in [0.25, 0.3) is 0 Å². The van der Waals surface area contributed by atoms with Crippen LogP contribution in [0.3, 0.4) is 0 Å². The molecule has 0 fully saturated rings. The van der Waals surface area contributed by atoms with Gasteiger partial charge in [-0.1, -0.05) is 23.1 Å². The van der Waals surface area contributed by atoms with Gasteiger partial charge in [-0.15, -0.1) is 10.2 Å². The number of sulfonamides is 1. The van der Waals surface area contributed by atoms with E-state index < -0.39 is 34.3 Å². The molecule has 9 nitrogen and oxygen atoms in total. The number of aromatic nitrogens is 2. The molecule has 1 aromatic heterocycles. The van der Waals surface area contributed by atoms with E-state index in [2.05, 4.69) is 20.3 Å². The molecular formula is C14H15FN4O5S3. The number of halogens is 1. The zero-order valence-electron chi connectivity index (χ0n) is 14.2. The van der Waals surface area contributed by atoms with E-state index in [0.717, 1.165) is 45.8 Å². The Morgan fingerprint density at radius 2 is 1.96 bits per heavy atom. The topological polar surface area (TPSA) is 119 Å². The van der Waals surface area contributed by atoms with Crippen LogP contribution in [0.25, 0.3) is 0 Å². The first-order valence-electron chi connectivity index (χ1n) is 7.25. The van der Waals surface area contributed by atoms with Gasteiger partial charge < -0.3 is 4.74 Å². The number of nitrogens with one attached hydrogen (secondary N) is 1. The quantitative estimate of drug-likeness (QED) is 0.376. The second-order valence-corrected chi connectivity index (χ2v) is 9.14. The van der Waals surface area contributed by atoms with E-state index in [9.17, 15) is 22.4 Å². The van der Waals surface area contributed by atoms with Gasteiger partial charge in [0.2, 0.25) is 21.1 Å². The number of carbonyl (C=O) groups excluding carboxylic acids is 2. The monoisotopic (exact) mass is 434 g/mol. The molecule has 2 aromatic rings. The average Bonchev–Trinajstić information content (AvgIpc) is 3.05. The maximum atomic E-state index is 13.0. The lowest BCUT2D eigenvalue weighted by atomic mass is 10.3. The molecule has 1 aromatic carbocycles. The zero-order valence-corrected chi connectivity index (χ0v) is 16.7. The number of benzene rings is 1. The zero-order chi connectivity index (χ0) is 20.0. The molecule has 146 valence electrons. The van der Waals surface area contributed by atoms with E-state index >= 15 is 0 Å². The smallest absolute Gasteiger partial charge is 0.316 e. The van der Waals surface area contributed by atoms with Gasteiger partial charge in [0.1, 0.15) is 12.4 Å². The first kappa shape index (κ1) is 21.1. The van der Waals surface area contributed by atoms with Crippen molar-refractivity contribution in [2.24, 2.45) is 0 Å². The van der Waals surface area contributed by atoms with Crippen LogP contribution in [0.2, 0.25) is 0 Å². The summed E-state index contributed by atoms with van der Waals surface area (Å²) in [5.41, 5.74) is 0.153. The van der Waals surface area contributed by atoms with Crippen molar-refractivity contribution in [3.63, 3.8) is 0 Å². The van der Waals surface area contributed by atoms with Gasteiger partial charge in [0.15, 0.2) is 4.34 Å². The Labute approximate surface area is 163 Å². The summed E-state index contributed by atoms with van der Waals surface area (Å²) in [6.07, 6.45) is 0.941. The highest BCUT2D eigenvalue weighted by Crippen LogP contribution is 2.25. The summed E-state index contributed by atoms with van der Waals surface area (Å²) in [7, 11) is -2.50. The van der Waals surface area contributed by atoms with Crippen molar-refractivity contribution in [3.05, 3.63) is 30.1 Å². The first-order chi connectivity index (χ1) is 12.7. The van der Waals surface area contributed by atoms with E-state index in [-0.39, 0.29) is 16.6 Å².